The number of urea groups is 1. The molecule has 8 heteroatoms. The minimum atomic E-state index is -0.801. The second-order valence-electron chi connectivity index (χ2n) is 6.16. The molecule has 2 aromatic heterocycles. The molecule has 27 heavy (non-hydrogen) atoms. The fraction of sp³-hybridized carbons (Fsp3) is 0.263. The largest absolute Gasteiger partial charge is 0.346 e. The SMILES string of the molecule is CCCCNC(=O)Nc1ccc(F)c(Cc2c[nH]c3ncc(Cl)cc23)c1F. The van der Waals surface area contributed by atoms with Crippen molar-refractivity contribution in [2.75, 3.05) is 11.9 Å². The van der Waals surface area contributed by atoms with E-state index in [4.69, 9.17) is 11.6 Å². The van der Waals surface area contributed by atoms with Gasteiger partial charge in [0, 0.05) is 36.3 Å². The Morgan fingerprint density at radius 2 is 2.15 bits per heavy atom. The van der Waals surface area contributed by atoms with Gasteiger partial charge in [-0.2, -0.15) is 0 Å². The molecule has 0 saturated heterocycles. The number of carbonyl (C=O) groups excluding carboxylic acids is 1. The first-order valence-electron chi connectivity index (χ1n) is 8.62. The van der Waals surface area contributed by atoms with Crippen LogP contribution in [0.5, 0.6) is 0 Å². The highest BCUT2D eigenvalue weighted by atomic mass is 35.5. The van der Waals surface area contributed by atoms with E-state index in [-0.39, 0.29) is 17.7 Å². The first kappa shape index (κ1) is 19.1. The van der Waals surface area contributed by atoms with E-state index in [9.17, 15) is 13.6 Å². The Labute approximate surface area is 160 Å². The van der Waals surface area contributed by atoms with Crippen molar-refractivity contribution in [3.05, 3.63) is 58.4 Å². The first-order valence-corrected chi connectivity index (χ1v) is 9.00. The molecule has 3 N–H and O–H groups in total. The molecular weight excluding hydrogens is 374 g/mol. The lowest BCUT2D eigenvalue weighted by Crippen LogP contribution is -2.30. The monoisotopic (exact) mass is 392 g/mol. The first-order chi connectivity index (χ1) is 13.0. The zero-order chi connectivity index (χ0) is 19.4. The number of unbranched alkanes of at least 4 members (excludes halogenated alkanes) is 1. The summed E-state index contributed by atoms with van der Waals surface area (Å²) in [6.45, 7) is 2.49. The van der Waals surface area contributed by atoms with Crippen LogP contribution in [-0.4, -0.2) is 22.5 Å². The molecule has 0 spiro atoms. The summed E-state index contributed by atoms with van der Waals surface area (Å²) in [5.41, 5.74) is 1.03. The maximum atomic E-state index is 14.8. The zero-order valence-corrected chi connectivity index (χ0v) is 15.5. The molecule has 2 heterocycles. The molecule has 5 nitrogen and oxygen atoms in total. The van der Waals surface area contributed by atoms with Crippen LogP contribution in [0.4, 0.5) is 19.3 Å². The molecule has 0 bridgehead atoms. The summed E-state index contributed by atoms with van der Waals surface area (Å²) >= 11 is 5.97. The number of nitrogens with zero attached hydrogens (tertiary/aromatic N) is 1. The molecule has 0 aliphatic carbocycles. The van der Waals surface area contributed by atoms with Gasteiger partial charge >= 0.3 is 6.03 Å². The van der Waals surface area contributed by atoms with Gasteiger partial charge in [-0.15, -0.1) is 0 Å². The van der Waals surface area contributed by atoms with E-state index in [1.807, 2.05) is 6.92 Å². The van der Waals surface area contributed by atoms with Gasteiger partial charge in [-0.05, 0) is 30.2 Å². The molecule has 0 atom stereocenters. The standard InChI is InChI=1S/C19H19ClF2N4O/c1-2-3-6-23-19(27)26-16-5-4-15(21)14(17(16)22)7-11-9-24-18-13(11)8-12(20)10-25-18/h4-5,8-10H,2-3,6-7H2,1H3,(H,24,25)(H2,23,26,27). The number of aromatic nitrogens is 2. The fourth-order valence-electron chi connectivity index (χ4n) is 2.77. The third kappa shape index (κ3) is 4.36. The number of benzene rings is 1. The average molecular weight is 393 g/mol. The number of nitrogens with one attached hydrogen (secondary N) is 3. The van der Waals surface area contributed by atoms with Crippen molar-refractivity contribution >= 4 is 34.4 Å². The smallest absolute Gasteiger partial charge is 0.319 e. The van der Waals surface area contributed by atoms with E-state index in [1.54, 1.807) is 12.3 Å². The van der Waals surface area contributed by atoms with Gasteiger partial charge in [0.1, 0.15) is 11.5 Å². The summed E-state index contributed by atoms with van der Waals surface area (Å²) < 4.78 is 29.1. The molecule has 142 valence electrons. The number of hydrogen-bond acceptors (Lipinski definition) is 2. The van der Waals surface area contributed by atoms with Crippen molar-refractivity contribution in [2.24, 2.45) is 0 Å². The lowest BCUT2D eigenvalue weighted by atomic mass is 10.0. The maximum Gasteiger partial charge on any atom is 0.319 e. The summed E-state index contributed by atoms with van der Waals surface area (Å²) in [4.78, 5) is 19.0. The van der Waals surface area contributed by atoms with Crippen LogP contribution in [0, 0.1) is 11.6 Å². The number of H-pyrrole nitrogens is 1. The van der Waals surface area contributed by atoms with Crippen LogP contribution in [0.25, 0.3) is 11.0 Å². The topological polar surface area (TPSA) is 69.8 Å². The Bertz CT molecular complexity index is 974. The summed E-state index contributed by atoms with van der Waals surface area (Å²) in [5, 5.41) is 6.19. The van der Waals surface area contributed by atoms with Crippen LogP contribution < -0.4 is 10.6 Å². The van der Waals surface area contributed by atoms with Crippen molar-refractivity contribution in [1.29, 1.82) is 0 Å². The van der Waals surface area contributed by atoms with E-state index in [2.05, 4.69) is 20.6 Å². The number of hydrogen-bond donors (Lipinski definition) is 3. The number of aromatic amines is 1. The van der Waals surface area contributed by atoms with Crippen molar-refractivity contribution in [2.45, 2.75) is 26.2 Å². The van der Waals surface area contributed by atoms with Crippen molar-refractivity contribution < 1.29 is 13.6 Å². The molecule has 0 radical (unpaired) electrons. The van der Waals surface area contributed by atoms with Crippen LogP contribution in [0.3, 0.4) is 0 Å². The quantitative estimate of drug-likeness (QED) is 0.516. The van der Waals surface area contributed by atoms with Crippen LogP contribution in [-0.2, 0) is 6.42 Å². The molecule has 1 aromatic carbocycles. The van der Waals surface area contributed by atoms with Crippen molar-refractivity contribution in [3.8, 4) is 0 Å². The van der Waals surface area contributed by atoms with Gasteiger partial charge < -0.3 is 15.6 Å². The van der Waals surface area contributed by atoms with Crippen LogP contribution in [0.2, 0.25) is 5.02 Å². The number of fused-ring (bicyclic) bond motifs is 1. The summed E-state index contributed by atoms with van der Waals surface area (Å²) in [6, 6.07) is 3.51. The van der Waals surface area contributed by atoms with E-state index in [0.29, 0.717) is 28.2 Å². The highest BCUT2D eigenvalue weighted by molar-refractivity contribution is 6.31. The Kier molecular flexibility index (Phi) is 5.91. The van der Waals surface area contributed by atoms with Gasteiger partial charge in [-0.1, -0.05) is 24.9 Å². The fourth-order valence-corrected chi connectivity index (χ4v) is 2.93. The summed E-state index contributed by atoms with van der Waals surface area (Å²) in [6.07, 6.45) is 4.88. The van der Waals surface area contributed by atoms with Gasteiger partial charge in [0.2, 0.25) is 0 Å². The van der Waals surface area contributed by atoms with Gasteiger partial charge in [0.25, 0.3) is 0 Å². The number of rotatable bonds is 6. The molecule has 0 aliphatic heterocycles. The van der Waals surface area contributed by atoms with E-state index in [1.165, 1.54) is 12.3 Å². The van der Waals surface area contributed by atoms with E-state index >= 15 is 0 Å². The second-order valence-corrected chi connectivity index (χ2v) is 6.60. The number of carbonyl (C=O) groups is 1. The number of amides is 2. The summed E-state index contributed by atoms with van der Waals surface area (Å²) in [7, 11) is 0. The highest BCUT2D eigenvalue weighted by Crippen LogP contribution is 2.27. The molecule has 0 unspecified atom stereocenters. The van der Waals surface area contributed by atoms with Gasteiger partial charge in [-0.25, -0.2) is 18.6 Å². The maximum absolute atomic E-state index is 14.8. The number of halogens is 3. The molecule has 0 saturated carbocycles. The van der Waals surface area contributed by atoms with E-state index in [0.717, 1.165) is 18.9 Å². The molecular formula is C19H19ClF2N4O. The Morgan fingerprint density at radius 1 is 1.33 bits per heavy atom. The lowest BCUT2D eigenvalue weighted by molar-refractivity contribution is 0.252. The van der Waals surface area contributed by atoms with E-state index < -0.39 is 17.7 Å². The second kappa shape index (κ2) is 8.35. The molecule has 0 aliphatic rings. The van der Waals surface area contributed by atoms with Crippen LogP contribution >= 0.6 is 11.6 Å². The van der Waals surface area contributed by atoms with Crippen LogP contribution in [0.15, 0.2) is 30.6 Å². The predicted octanol–water partition coefficient (Wildman–Crippen LogP) is 5.01. The molecule has 2 amide bonds. The Morgan fingerprint density at radius 3 is 2.93 bits per heavy atom. The minimum absolute atomic E-state index is 0.00728. The summed E-state index contributed by atoms with van der Waals surface area (Å²) in [5.74, 6) is -1.49. The van der Waals surface area contributed by atoms with Gasteiger partial charge in [-0.3, -0.25) is 0 Å². The third-order valence-electron chi connectivity index (χ3n) is 4.20. The van der Waals surface area contributed by atoms with Crippen molar-refractivity contribution in [3.63, 3.8) is 0 Å². The van der Waals surface area contributed by atoms with Crippen LogP contribution in [0.1, 0.15) is 30.9 Å². The van der Waals surface area contributed by atoms with Gasteiger partial charge in [0.15, 0.2) is 5.82 Å². The predicted molar refractivity (Wildman–Crippen MR) is 102 cm³/mol. The molecule has 3 rings (SSSR count). The van der Waals surface area contributed by atoms with Crippen molar-refractivity contribution in [1.82, 2.24) is 15.3 Å². The molecule has 3 aromatic rings. The molecule has 0 fully saturated rings. The Hall–Kier alpha value is -2.67. The normalized spacial score (nSPS) is 11.0. The van der Waals surface area contributed by atoms with Gasteiger partial charge in [0.05, 0.1) is 10.7 Å². The third-order valence-corrected chi connectivity index (χ3v) is 4.41. The average Bonchev–Trinajstić information content (AvgIpc) is 3.03. The Balaban J connectivity index is 1.85. The minimum Gasteiger partial charge on any atom is -0.346 e. The number of anilines is 1. The lowest BCUT2D eigenvalue weighted by Gasteiger charge is -2.11. The highest BCUT2D eigenvalue weighted by Gasteiger charge is 2.17. The number of pyridine rings is 1. The zero-order valence-electron chi connectivity index (χ0n) is 14.7.